The van der Waals surface area contributed by atoms with Crippen LogP contribution in [0.4, 0.5) is 0 Å². The van der Waals surface area contributed by atoms with Gasteiger partial charge < -0.3 is 9.42 Å². The van der Waals surface area contributed by atoms with E-state index in [0.717, 1.165) is 36.9 Å². The monoisotopic (exact) mass is 313 g/mol. The van der Waals surface area contributed by atoms with Gasteiger partial charge in [-0.3, -0.25) is 4.79 Å². The molecule has 23 heavy (non-hydrogen) atoms. The number of nitrogens with zero attached hydrogens (tertiary/aromatic N) is 3. The van der Waals surface area contributed by atoms with Crippen molar-refractivity contribution >= 4 is 5.91 Å². The normalized spacial score (nSPS) is 18.4. The summed E-state index contributed by atoms with van der Waals surface area (Å²) in [5, 5.41) is 4.12. The number of piperidine rings is 1. The lowest BCUT2D eigenvalue weighted by Gasteiger charge is -2.34. The molecule has 1 aliphatic rings. The molecule has 1 aromatic carbocycles. The van der Waals surface area contributed by atoms with E-state index in [2.05, 4.69) is 10.1 Å². The summed E-state index contributed by atoms with van der Waals surface area (Å²) in [6, 6.07) is 7.93. The number of carbonyl (C=O) groups is 1. The highest BCUT2D eigenvalue weighted by Gasteiger charge is 2.33. The van der Waals surface area contributed by atoms with Crippen LogP contribution in [0.5, 0.6) is 0 Å². The smallest absolute Gasteiger partial charge is 0.249 e. The Labute approximate surface area is 136 Å². The van der Waals surface area contributed by atoms with Crippen molar-refractivity contribution in [2.45, 2.75) is 46.1 Å². The standard InChI is InChI=1S/C18H23N3O2/c1-12(2)18(22)21-10-5-4-9-15(21)17-19-16(20-23-17)14-8-6-7-13(3)11-14/h6-8,11-12,15H,4-5,9-10H2,1-3H3/t15-/m1/s1. The quantitative estimate of drug-likeness (QED) is 0.866. The first kappa shape index (κ1) is 15.7. The van der Waals surface area contributed by atoms with Gasteiger partial charge in [-0.15, -0.1) is 0 Å². The minimum absolute atomic E-state index is 0.0187. The van der Waals surface area contributed by atoms with E-state index in [1.807, 2.05) is 49.9 Å². The van der Waals surface area contributed by atoms with Crippen LogP contribution in [0.15, 0.2) is 28.8 Å². The number of aryl methyl sites for hydroxylation is 1. The first-order valence-electron chi connectivity index (χ1n) is 8.27. The fourth-order valence-electron chi connectivity index (χ4n) is 3.06. The average molecular weight is 313 g/mol. The van der Waals surface area contributed by atoms with Gasteiger partial charge in [-0.25, -0.2) is 0 Å². The van der Waals surface area contributed by atoms with Gasteiger partial charge in [0.2, 0.25) is 17.6 Å². The Morgan fingerprint density at radius 1 is 1.35 bits per heavy atom. The van der Waals surface area contributed by atoms with Crippen molar-refractivity contribution in [3.05, 3.63) is 35.7 Å². The fourth-order valence-corrected chi connectivity index (χ4v) is 3.06. The molecule has 0 spiro atoms. The number of aromatic nitrogens is 2. The number of amides is 1. The van der Waals surface area contributed by atoms with Gasteiger partial charge in [-0.05, 0) is 32.3 Å². The highest BCUT2D eigenvalue weighted by molar-refractivity contribution is 5.78. The van der Waals surface area contributed by atoms with Crippen LogP contribution in [0.2, 0.25) is 0 Å². The number of likely N-dealkylation sites (tertiary alicyclic amines) is 1. The van der Waals surface area contributed by atoms with Crippen molar-refractivity contribution < 1.29 is 9.32 Å². The first-order valence-corrected chi connectivity index (χ1v) is 8.27. The van der Waals surface area contributed by atoms with Gasteiger partial charge in [0.25, 0.3) is 0 Å². The van der Waals surface area contributed by atoms with Gasteiger partial charge in [0, 0.05) is 18.0 Å². The van der Waals surface area contributed by atoms with E-state index >= 15 is 0 Å². The lowest BCUT2D eigenvalue weighted by molar-refractivity contribution is -0.139. The predicted molar refractivity (Wildman–Crippen MR) is 87.6 cm³/mol. The van der Waals surface area contributed by atoms with Crippen molar-refractivity contribution in [3.8, 4) is 11.4 Å². The predicted octanol–water partition coefficient (Wildman–Crippen LogP) is 3.75. The number of carbonyl (C=O) groups excluding carboxylic acids is 1. The molecule has 0 saturated carbocycles. The Morgan fingerprint density at radius 3 is 2.91 bits per heavy atom. The van der Waals surface area contributed by atoms with Crippen LogP contribution < -0.4 is 0 Å². The first-order chi connectivity index (χ1) is 11.1. The number of rotatable bonds is 3. The Bertz CT molecular complexity index is 693. The summed E-state index contributed by atoms with van der Waals surface area (Å²) in [7, 11) is 0. The second kappa shape index (κ2) is 6.52. The lowest BCUT2D eigenvalue weighted by atomic mass is 10.00. The molecule has 5 heteroatoms. The molecule has 0 bridgehead atoms. The van der Waals surface area contributed by atoms with Gasteiger partial charge >= 0.3 is 0 Å². The van der Waals surface area contributed by atoms with Crippen LogP contribution in [0.25, 0.3) is 11.4 Å². The lowest BCUT2D eigenvalue weighted by Crippen LogP contribution is -2.40. The van der Waals surface area contributed by atoms with Gasteiger partial charge in [0.1, 0.15) is 6.04 Å². The topological polar surface area (TPSA) is 59.2 Å². The van der Waals surface area contributed by atoms with E-state index in [4.69, 9.17) is 4.52 Å². The van der Waals surface area contributed by atoms with Gasteiger partial charge in [0.05, 0.1) is 0 Å². The summed E-state index contributed by atoms with van der Waals surface area (Å²) in [6.45, 7) is 6.67. The second-order valence-electron chi connectivity index (χ2n) is 6.52. The summed E-state index contributed by atoms with van der Waals surface area (Å²) >= 11 is 0. The van der Waals surface area contributed by atoms with E-state index in [0.29, 0.717) is 11.7 Å². The maximum atomic E-state index is 12.4. The van der Waals surface area contributed by atoms with E-state index in [1.165, 1.54) is 0 Å². The maximum Gasteiger partial charge on any atom is 0.249 e. The molecule has 1 atom stereocenters. The molecular formula is C18H23N3O2. The molecule has 0 N–H and O–H groups in total. The zero-order chi connectivity index (χ0) is 16.4. The number of benzene rings is 1. The van der Waals surface area contributed by atoms with Crippen LogP contribution in [-0.4, -0.2) is 27.5 Å². The van der Waals surface area contributed by atoms with E-state index in [9.17, 15) is 4.79 Å². The third-order valence-corrected chi connectivity index (χ3v) is 4.28. The second-order valence-corrected chi connectivity index (χ2v) is 6.52. The van der Waals surface area contributed by atoms with E-state index in [-0.39, 0.29) is 17.9 Å². The molecule has 0 unspecified atom stereocenters. The molecule has 3 rings (SSSR count). The molecule has 0 aliphatic carbocycles. The minimum Gasteiger partial charge on any atom is -0.337 e. The third-order valence-electron chi connectivity index (χ3n) is 4.28. The number of hydrogen-bond acceptors (Lipinski definition) is 4. The van der Waals surface area contributed by atoms with Gasteiger partial charge in [-0.2, -0.15) is 4.98 Å². The van der Waals surface area contributed by atoms with Crippen LogP contribution >= 0.6 is 0 Å². The fraction of sp³-hybridized carbons (Fsp3) is 0.500. The zero-order valence-corrected chi connectivity index (χ0v) is 14.0. The van der Waals surface area contributed by atoms with Crippen LogP contribution in [-0.2, 0) is 4.79 Å². The van der Waals surface area contributed by atoms with Crippen molar-refractivity contribution in [3.63, 3.8) is 0 Å². The van der Waals surface area contributed by atoms with Gasteiger partial charge in [-0.1, -0.05) is 42.8 Å². The molecule has 0 radical (unpaired) electrons. The average Bonchev–Trinajstić information content (AvgIpc) is 3.04. The molecule has 2 aromatic rings. The molecule has 5 nitrogen and oxygen atoms in total. The Morgan fingerprint density at radius 2 is 2.17 bits per heavy atom. The van der Waals surface area contributed by atoms with Gasteiger partial charge in [0.15, 0.2) is 0 Å². The summed E-state index contributed by atoms with van der Waals surface area (Å²) in [5.74, 6) is 1.28. The number of hydrogen-bond donors (Lipinski definition) is 0. The molecule has 1 aromatic heterocycles. The van der Waals surface area contributed by atoms with E-state index < -0.39 is 0 Å². The molecule has 1 aliphatic heterocycles. The Kier molecular flexibility index (Phi) is 4.46. The van der Waals surface area contributed by atoms with Crippen molar-refractivity contribution in [1.29, 1.82) is 0 Å². The Balaban J connectivity index is 1.87. The summed E-state index contributed by atoms with van der Waals surface area (Å²) in [4.78, 5) is 18.9. The van der Waals surface area contributed by atoms with Crippen molar-refractivity contribution in [1.82, 2.24) is 15.0 Å². The molecule has 2 heterocycles. The highest BCUT2D eigenvalue weighted by Crippen LogP contribution is 2.32. The van der Waals surface area contributed by atoms with Crippen molar-refractivity contribution in [2.24, 2.45) is 5.92 Å². The summed E-state index contributed by atoms with van der Waals surface area (Å²) < 4.78 is 5.50. The molecule has 1 saturated heterocycles. The highest BCUT2D eigenvalue weighted by atomic mass is 16.5. The third kappa shape index (κ3) is 3.28. The van der Waals surface area contributed by atoms with Crippen molar-refractivity contribution in [2.75, 3.05) is 6.54 Å². The largest absolute Gasteiger partial charge is 0.337 e. The van der Waals surface area contributed by atoms with Crippen LogP contribution in [0.1, 0.15) is 50.6 Å². The molecule has 122 valence electrons. The minimum atomic E-state index is -0.0929. The van der Waals surface area contributed by atoms with E-state index in [1.54, 1.807) is 0 Å². The Hall–Kier alpha value is -2.17. The maximum absolute atomic E-state index is 12.4. The summed E-state index contributed by atoms with van der Waals surface area (Å²) in [5.41, 5.74) is 2.10. The summed E-state index contributed by atoms with van der Waals surface area (Å²) in [6.07, 6.45) is 3.00. The molecule has 1 fully saturated rings. The zero-order valence-electron chi connectivity index (χ0n) is 14.0. The van der Waals surface area contributed by atoms with Crippen LogP contribution in [0, 0.1) is 12.8 Å². The van der Waals surface area contributed by atoms with Crippen LogP contribution in [0.3, 0.4) is 0 Å². The molecule has 1 amide bonds. The SMILES string of the molecule is Cc1cccc(-c2noc([C@H]3CCCCN3C(=O)C(C)C)n2)c1. The molecular weight excluding hydrogens is 290 g/mol.